The molecule has 0 amide bonds. The molecule has 0 saturated heterocycles. The molecule has 0 unspecified atom stereocenters. The van der Waals surface area contributed by atoms with Crippen molar-refractivity contribution in [3.63, 3.8) is 0 Å². The Labute approximate surface area is 139 Å². The van der Waals surface area contributed by atoms with Crippen molar-refractivity contribution in [1.82, 2.24) is 5.16 Å². The Kier molecular flexibility index (Phi) is 5.91. The van der Waals surface area contributed by atoms with Gasteiger partial charge in [0.15, 0.2) is 5.16 Å². The molecule has 3 aromatic rings. The van der Waals surface area contributed by atoms with Crippen molar-refractivity contribution >= 4 is 18.6 Å². The van der Waals surface area contributed by atoms with Gasteiger partial charge in [-0.05, 0) is 35.6 Å². The second-order valence-corrected chi connectivity index (χ2v) is 5.43. The van der Waals surface area contributed by atoms with Gasteiger partial charge < -0.3 is 22.0 Å². The van der Waals surface area contributed by atoms with E-state index in [1.165, 1.54) is 11.3 Å². The Bertz CT molecular complexity index is 757. The minimum absolute atomic E-state index is 0.793. The molecule has 0 aliphatic heterocycles. The number of methoxy groups -OCH3 is 1. The lowest BCUT2D eigenvalue weighted by Crippen LogP contribution is -2.02. The van der Waals surface area contributed by atoms with Crippen molar-refractivity contribution < 1.29 is 26.5 Å². The van der Waals surface area contributed by atoms with E-state index in [1.54, 1.807) is 7.11 Å². The number of rotatable bonds is 3. The van der Waals surface area contributed by atoms with Crippen LogP contribution in [-0.2, 0) is 0 Å². The van der Waals surface area contributed by atoms with Crippen molar-refractivity contribution in [1.29, 1.82) is 0 Å². The van der Waals surface area contributed by atoms with Gasteiger partial charge in [0.05, 0.1) is 12.7 Å². The van der Waals surface area contributed by atoms with E-state index in [2.05, 4.69) is 5.16 Å². The zero-order chi connectivity index (χ0) is 17.6. The number of aromatic nitrogens is 1. The Morgan fingerprint density at radius 1 is 0.917 bits per heavy atom. The van der Waals surface area contributed by atoms with Gasteiger partial charge in [-0.15, -0.1) is 0 Å². The van der Waals surface area contributed by atoms with Gasteiger partial charge in [-0.25, -0.2) is 0 Å². The van der Waals surface area contributed by atoms with E-state index in [-0.39, 0.29) is 0 Å². The van der Waals surface area contributed by atoms with Crippen molar-refractivity contribution in [2.45, 2.75) is 0 Å². The fourth-order valence-corrected chi connectivity index (χ4v) is 2.57. The van der Waals surface area contributed by atoms with E-state index >= 15 is 0 Å². The fourth-order valence-electron chi connectivity index (χ4n) is 1.74. The summed E-state index contributed by atoms with van der Waals surface area (Å²) in [6.07, 6.45) is 0. The van der Waals surface area contributed by atoms with Crippen LogP contribution in [0.2, 0.25) is 0 Å². The van der Waals surface area contributed by atoms with E-state index in [9.17, 15) is 17.3 Å². The number of benzene rings is 2. The smallest absolute Gasteiger partial charge is 0.497 e. The van der Waals surface area contributed by atoms with Gasteiger partial charge >= 0.3 is 12.3 Å². The number of halogens is 4. The summed E-state index contributed by atoms with van der Waals surface area (Å²) in [5.74, 6) is 0.830. The number of ether oxygens (including phenoxy) is 1. The van der Waals surface area contributed by atoms with Crippen LogP contribution in [0.5, 0.6) is 5.75 Å². The Balaban J connectivity index is 0.000000368. The van der Waals surface area contributed by atoms with E-state index in [0.29, 0.717) is 0 Å². The molecule has 2 aromatic carbocycles. The molecule has 0 bridgehead atoms. The fraction of sp³-hybridized carbons (Fsp3) is 0.0667. The van der Waals surface area contributed by atoms with Crippen LogP contribution in [0.4, 0.5) is 17.3 Å². The second-order valence-electron chi connectivity index (χ2n) is 4.47. The quantitative estimate of drug-likeness (QED) is 0.345. The molecule has 0 atom stereocenters. The molecule has 3 nitrogen and oxygen atoms in total. The SMILES string of the molecule is COc1ccc(-c2[o+]nc(-c3ccccc3)s2)cc1.F[B-](F)(F)F. The van der Waals surface area contributed by atoms with Gasteiger partial charge in [0, 0.05) is 5.56 Å². The monoisotopic (exact) mass is 357 g/mol. The van der Waals surface area contributed by atoms with Crippen LogP contribution >= 0.6 is 11.3 Å². The largest absolute Gasteiger partial charge is 0.673 e. The van der Waals surface area contributed by atoms with Crippen LogP contribution in [0.1, 0.15) is 0 Å². The third-order valence-corrected chi connectivity index (χ3v) is 3.75. The predicted molar refractivity (Wildman–Crippen MR) is 86.4 cm³/mol. The molecule has 0 aliphatic rings. The second kappa shape index (κ2) is 7.91. The van der Waals surface area contributed by atoms with Gasteiger partial charge in [0.25, 0.3) is 0 Å². The maximum absolute atomic E-state index is 9.75. The summed E-state index contributed by atoms with van der Waals surface area (Å²) in [5.41, 5.74) is 2.07. The highest BCUT2D eigenvalue weighted by molar-refractivity contribution is 7.17. The lowest BCUT2D eigenvalue weighted by Gasteiger charge is -1.96. The number of nitrogens with zero attached hydrogens (tertiary/aromatic N) is 1. The molecule has 0 saturated carbocycles. The van der Waals surface area contributed by atoms with Gasteiger partial charge in [-0.3, -0.25) is 0 Å². The molecule has 0 N–H and O–H groups in total. The third kappa shape index (κ3) is 5.66. The molecule has 9 heteroatoms. The summed E-state index contributed by atoms with van der Waals surface area (Å²) in [5, 5.41) is 5.79. The van der Waals surface area contributed by atoms with Crippen LogP contribution in [0.3, 0.4) is 0 Å². The molecule has 1 heterocycles. The highest BCUT2D eigenvalue weighted by Gasteiger charge is 2.21. The zero-order valence-electron chi connectivity index (χ0n) is 12.5. The van der Waals surface area contributed by atoms with E-state index in [1.807, 2.05) is 54.6 Å². The molecule has 126 valence electrons. The Morgan fingerprint density at radius 2 is 1.50 bits per heavy atom. The summed E-state index contributed by atoms with van der Waals surface area (Å²) in [6, 6.07) is 17.7. The van der Waals surface area contributed by atoms with Crippen molar-refractivity contribution in [2.75, 3.05) is 7.11 Å². The van der Waals surface area contributed by atoms with E-state index in [4.69, 9.17) is 9.26 Å². The van der Waals surface area contributed by atoms with Crippen molar-refractivity contribution in [2.24, 2.45) is 0 Å². The van der Waals surface area contributed by atoms with Crippen LogP contribution in [0.15, 0.2) is 59.1 Å². The van der Waals surface area contributed by atoms with E-state index < -0.39 is 7.25 Å². The highest BCUT2D eigenvalue weighted by Crippen LogP contribution is 2.32. The Hall–Kier alpha value is -2.42. The first-order chi connectivity index (χ1) is 11.4. The average Bonchev–Trinajstić information content (AvgIpc) is 3.04. The normalized spacial score (nSPS) is 10.7. The van der Waals surface area contributed by atoms with Crippen molar-refractivity contribution in [3.8, 4) is 27.0 Å². The first-order valence-electron chi connectivity index (χ1n) is 6.74. The molecule has 24 heavy (non-hydrogen) atoms. The minimum Gasteiger partial charge on any atom is -0.497 e. The first kappa shape index (κ1) is 17.9. The van der Waals surface area contributed by atoms with Crippen LogP contribution < -0.4 is 4.74 Å². The first-order valence-corrected chi connectivity index (χ1v) is 7.55. The van der Waals surface area contributed by atoms with Gasteiger partial charge in [0.2, 0.25) is 5.01 Å². The molecule has 1 aromatic heterocycles. The molecule has 3 rings (SSSR count). The van der Waals surface area contributed by atoms with E-state index in [0.717, 1.165) is 27.0 Å². The average molecular weight is 357 g/mol. The van der Waals surface area contributed by atoms with Gasteiger partial charge in [0.1, 0.15) is 5.75 Å². The Morgan fingerprint density at radius 3 is 2.04 bits per heavy atom. The third-order valence-electron chi connectivity index (χ3n) is 2.75. The van der Waals surface area contributed by atoms with Crippen LogP contribution in [0.25, 0.3) is 21.2 Å². The maximum atomic E-state index is 9.75. The van der Waals surface area contributed by atoms with Crippen LogP contribution in [-0.4, -0.2) is 19.5 Å². The molecular weight excluding hydrogens is 345 g/mol. The summed E-state index contributed by atoms with van der Waals surface area (Å²) in [7, 11) is -4.35. The number of hydrogen-bond acceptors (Lipinski definition) is 3. The molecule has 0 radical (unpaired) electrons. The molecule has 0 aliphatic carbocycles. The molecular formula is C15H12BF4NO2S. The number of hydrogen-bond donors (Lipinski definition) is 0. The standard InChI is InChI=1S/C15H12NO2S.BF4/c1-17-13-9-7-12(8-10-13)15-18-16-14(19-15)11-5-3-2-4-6-11;2-1(3,4)5/h2-10H,1H3;/q+1;-1. The van der Waals surface area contributed by atoms with Crippen molar-refractivity contribution in [3.05, 3.63) is 54.6 Å². The highest BCUT2D eigenvalue weighted by atomic mass is 32.1. The molecule has 0 spiro atoms. The summed E-state index contributed by atoms with van der Waals surface area (Å²) >= 11 is 1.53. The lowest BCUT2D eigenvalue weighted by molar-refractivity contribution is 0.368. The maximum Gasteiger partial charge on any atom is 0.673 e. The summed E-state index contributed by atoms with van der Waals surface area (Å²) < 4.78 is 49.5. The lowest BCUT2D eigenvalue weighted by atomic mass is 10.2. The van der Waals surface area contributed by atoms with Crippen LogP contribution in [0, 0.1) is 0 Å². The van der Waals surface area contributed by atoms with Gasteiger partial charge in [-0.2, -0.15) is 0 Å². The van der Waals surface area contributed by atoms with Gasteiger partial charge in [-0.1, -0.05) is 34.9 Å². The molecule has 0 fully saturated rings. The minimum atomic E-state index is -6.00. The zero-order valence-corrected chi connectivity index (χ0v) is 13.3. The topological polar surface area (TPSA) is 33.4 Å². The summed E-state index contributed by atoms with van der Waals surface area (Å²) in [4.78, 5) is 0. The summed E-state index contributed by atoms with van der Waals surface area (Å²) in [6.45, 7) is 0. The predicted octanol–water partition coefficient (Wildman–Crippen LogP) is 5.66.